The number of rotatable bonds is 6. The van der Waals surface area contributed by atoms with Crippen molar-refractivity contribution in [1.82, 2.24) is 9.29 Å². The van der Waals surface area contributed by atoms with Gasteiger partial charge in [0.15, 0.2) is 5.13 Å². The van der Waals surface area contributed by atoms with Crippen molar-refractivity contribution in [2.24, 2.45) is 5.92 Å². The highest BCUT2D eigenvalue weighted by Crippen LogP contribution is 2.37. The lowest BCUT2D eigenvalue weighted by atomic mass is 10.0. The van der Waals surface area contributed by atoms with Crippen LogP contribution in [0.4, 0.5) is 5.13 Å². The van der Waals surface area contributed by atoms with Crippen LogP contribution in [0.5, 0.6) is 0 Å². The van der Waals surface area contributed by atoms with Gasteiger partial charge in [-0.3, -0.25) is 9.69 Å². The van der Waals surface area contributed by atoms with Crippen LogP contribution in [0.15, 0.2) is 64.1 Å². The molecule has 0 unspecified atom stereocenters. The summed E-state index contributed by atoms with van der Waals surface area (Å²) in [6.07, 6.45) is 3.25. The van der Waals surface area contributed by atoms with Gasteiger partial charge in [-0.1, -0.05) is 35.9 Å². The third-order valence-electron chi connectivity index (χ3n) is 6.54. The summed E-state index contributed by atoms with van der Waals surface area (Å²) in [4.78, 5) is 20.1. The molecule has 1 amide bonds. The zero-order chi connectivity index (χ0) is 25.4. The zero-order valence-corrected chi connectivity index (χ0v) is 22.4. The van der Waals surface area contributed by atoms with E-state index in [1.54, 1.807) is 30.5 Å². The molecule has 0 N–H and O–H groups in total. The van der Waals surface area contributed by atoms with Gasteiger partial charge in [0.1, 0.15) is 5.76 Å². The number of thiazole rings is 1. The normalized spacial score (nSPS) is 15.4. The molecule has 2 aromatic carbocycles. The number of anilines is 1. The van der Waals surface area contributed by atoms with E-state index < -0.39 is 10.0 Å². The fraction of sp³-hybridized carbons (Fsp3) is 0.308. The lowest BCUT2D eigenvalue weighted by molar-refractivity contribution is 0.0983. The Morgan fingerprint density at radius 1 is 1.17 bits per heavy atom. The highest BCUT2D eigenvalue weighted by Gasteiger charge is 2.29. The number of fused-ring (bicyclic) bond motifs is 1. The molecule has 3 heterocycles. The Labute approximate surface area is 219 Å². The van der Waals surface area contributed by atoms with E-state index in [9.17, 15) is 13.2 Å². The second kappa shape index (κ2) is 9.97. The van der Waals surface area contributed by atoms with Gasteiger partial charge in [-0.15, -0.1) is 0 Å². The summed E-state index contributed by atoms with van der Waals surface area (Å²) in [7, 11) is -3.60. The van der Waals surface area contributed by atoms with Gasteiger partial charge in [0.25, 0.3) is 5.91 Å². The molecule has 1 aliphatic rings. The lowest BCUT2D eigenvalue weighted by Crippen LogP contribution is -2.37. The van der Waals surface area contributed by atoms with Crippen molar-refractivity contribution in [2.75, 3.05) is 18.0 Å². The Bertz CT molecular complexity index is 1450. The van der Waals surface area contributed by atoms with E-state index in [1.165, 1.54) is 32.7 Å². The Morgan fingerprint density at radius 3 is 2.53 bits per heavy atom. The molecule has 0 bridgehead atoms. The van der Waals surface area contributed by atoms with Crippen molar-refractivity contribution in [3.63, 3.8) is 0 Å². The quantitative estimate of drug-likeness (QED) is 0.292. The molecule has 0 saturated carbocycles. The standard InChI is InChI=1S/C26H26ClN3O4S2/c1-17-11-13-29(14-12-17)36(32,33)21-8-6-19(7-9-21)25(31)30(16-20-4-3-15-34-20)26-28-23-18(2)5-10-22(27)24(23)35-26/h3-10,15,17H,11-14,16H2,1-2H3. The maximum Gasteiger partial charge on any atom is 0.260 e. The second-order valence-electron chi connectivity index (χ2n) is 9.12. The molecule has 36 heavy (non-hydrogen) atoms. The molecule has 7 nitrogen and oxygen atoms in total. The topological polar surface area (TPSA) is 83.7 Å². The van der Waals surface area contributed by atoms with Gasteiger partial charge in [-0.2, -0.15) is 4.31 Å². The largest absolute Gasteiger partial charge is 0.467 e. The number of aromatic nitrogens is 1. The van der Waals surface area contributed by atoms with Crippen molar-refractivity contribution < 1.29 is 17.6 Å². The molecule has 5 rings (SSSR count). The van der Waals surface area contributed by atoms with Crippen LogP contribution in [-0.2, 0) is 16.6 Å². The molecule has 0 spiro atoms. The molecule has 1 saturated heterocycles. The van der Waals surface area contributed by atoms with Crippen LogP contribution >= 0.6 is 22.9 Å². The Kier molecular flexibility index (Phi) is 6.91. The van der Waals surface area contributed by atoms with Crippen molar-refractivity contribution in [3.05, 3.63) is 76.7 Å². The van der Waals surface area contributed by atoms with E-state index in [2.05, 4.69) is 6.92 Å². The van der Waals surface area contributed by atoms with Gasteiger partial charge in [0.05, 0.1) is 32.9 Å². The Hall–Kier alpha value is -2.72. The average Bonchev–Trinajstić information content (AvgIpc) is 3.56. The molecule has 2 aromatic heterocycles. The number of carbonyl (C=O) groups excluding carboxylic acids is 1. The summed E-state index contributed by atoms with van der Waals surface area (Å²) in [6.45, 7) is 5.29. The minimum absolute atomic E-state index is 0.175. The fourth-order valence-electron chi connectivity index (χ4n) is 4.29. The number of hydrogen-bond donors (Lipinski definition) is 0. The minimum Gasteiger partial charge on any atom is -0.467 e. The maximum absolute atomic E-state index is 13.7. The first-order valence-electron chi connectivity index (χ1n) is 11.7. The maximum atomic E-state index is 13.7. The van der Waals surface area contributed by atoms with E-state index >= 15 is 0 Å². The number of amides is 1. The van der Waals surface area contributed by atoms with E-state index in [0.29, 0.717) is 40.5 Å². The summed E-state index contributed by atoms with van der Waals surface area (Å²) in [5, 5.41) is 1.06. The predicted molar refractivity (Wildman–Crippen MR) is 142 cm³/mol. The Morgan fingerprint density at radius 2 is 1.89 bits per heavy atom. The van der Waals surface area contributed by atoms with Gasteiger partial charge in [-0.25, -0.2) is 13.4 Å². The number of piperidine rings is 1. The molecule has 0 atom stereocenters. The highest BCUT2D eigenvalue weighted by atomic mass is 35.5. The number of furan rings is 1. The van der Waals surface area contributed by atoms with E-state index in [1.807, 2.05) is 19.1 Å². The molecular weight excluding hydrogens is 518 g/mol. The summed E-state index contributed by atoms with van der Waals surface area (Å²) in [6, 6.07) is 13.4. The first kappa shape index (κ1) is 25.0. The summed E-state index contributed by atoms with van der Waals surface area (Å²) in [5.41, 5.74) is 2.07. The number of aryl methyl sites for hydroxylation is 1. The van der Waals surface area contributed by atoms with Crippen LogP contribution in [0.3, 0.4) is 0 Å². The van der Waals surface area contributed by atoms with Crippen molar-refractivity contribution >= 4 is 54.2 Å². The number of benzene rings is 2. The van der Waals surface area contributed by atoms with Crippen LogP contribution in [0.25, 0.3) is 10.2 Å². The lowest BCUT2D eigenvalue weighted by Gasteiger charge is -2.29. The third kappa shape index (κ3) is 4.80. The van der Waals surface area contributed by atoms with Crippen molar-refractivity contribution in [1.29, 1.82) is 0 Å². The molecule has 0 aliphatic carbocycles. The smallest absolute Gasteiger partial charge is 0.260 e. The highest BCUT2D eigenvalue weighted by molar-refractivity contribution is 7.89. The van der Waals surface area contributed by atoms with Crippen LogP contribution < -0.4 is 4.90 Å². The van der Waals surface area contributed by atoms with Gasteiger partial charge in [0.2, 0.25) is 10.0 Å². The van der Waals surface area contributed by atoms with Gasteiger partial charge in [-0.05, 0) is 73.7 Å². The molecule has 188 valence electrons. The van der Waals surface area contributed by atoms with Gasteiger partial charge < -0.3 is 4.42 Å². The molecule has 0 radical (unpaired) electrons. The van der Waals surface area contributed by atoms with Crippen LogP contribution in [0, 0.1) is 12.8 Å². The van der Waals surface area contributed by atoms with Crippen LogP contribution in [0.1, 0.15) is 41.4 Å². The number of nitrogens with zero attached hydrogens (tertiary/aromatic N) is 3. The molecular formula is C26H26ClN3O4S2. The van der Waals surface area contributed by atoms with Gasteiger partial charge >= 0.3 is 0 Å². The molecule has 4 aromatic rings. The molecule has 10 heteroatoms. The average molecular weight is 544 g/mol. The van der Waals surface area contributed by atoms with Crippen molar-refractivity contribution in [2.45, 2.75) is 38.1 Å². The number of carbonyl (C=O) groups is 1. The zero-order valence-electron chi connectivity index (χ0n) is 20.0. The number of halogens is 1. The summed E-state index contributed by atoms with van der Waals surface area (Å²) >= 11 is 7.74. The predicted octanol–water partition coefficient (Wildman–Crippen LogP) is 6.12. The van der Waals surface area contributed by atoms with Crippen LogP contribution in [-0.4, -0.2) is 36.7 Å². The first-order valence-corrected chi connectivity index (χ1v) is 14.4. The summed E-state index contributed by atoms with van der Waals surface area (Å²) < 4.78 is 34.0. The molecule has 1 fully saturated rings. The second-order valence-corrected chi connectivity index (χ2v) is 12.4. The molecule has 1 aliphatic heterocycles. The van der Waals surface area contributed by atoms with Crippen molar-refractivity contribution in [3.8, 4) is 0 Å². The minimum atomic E-state index is -3.60. The van der Waals surface area contributed by atoms with Crippen LogP contribution in [0.2, 0.25) is 5.02 Å². The third-order valence-corrected chi connectivity index (χ3v) is 9.99. The summed E-state index contributed by atoms with van der Waals surface area (Å²) in [5.74, 6) is 0.816. The van der Waals surface area contributed by atoms with E-state index in [4.69, 9.17) is 21.0 Å². The van der Waals surface area contributed by atoms with E-state index in [-0.39, 0.29) is 17.3 Å². The SMILES string of the molecule is Cc1ccc(Cl)c2sc(N(Cc3ccco3)C(=O)c3ccc(S(=O)(=O)N4CCC(C)CC4)cc3)nc12. The number of hydrogen-bond acceptors (Lipinski definition) is 6. The fourth-order valence-corrected chi connectivity index (χ4v) is 7.07. The number of sulfonamides is 1. The first-order chi connectivity index (χ1) is 17.2. The monoisotopic (exact) mass is 543 g/mol. The van der Waals surface area contributed by atoms with E-state index in [0.717, 1.165) is 28.6 Å². The Balaban J connectivity index is 1.46. The van der Waals surface area contributed by atoms with Gasteiger partial charge in [0, 0.05) is 18.7 Å².